The predicted octanol–water partition coefficient (Wildman–Crippen LogP) is 1.27. The van der Waals surface area contributed by atoms with Gasteiger partial charge in [-0.15, -0.1) is 0 Å². The molecule has 22 heavy (non-hydrogen) atoms. The summed E-state index contributed by atoms with van der Waals surface area (Å²) in [5.74, 6) is 0.854. The van der Waals surface area contributed by atoms with Gasteiger partial charge in [0.2, 0.25) is 5.91 Å². The molecule has 3 N–H and O–H groups in total. The highest BCUT2D eigenvalue weighted by Crippen LogP contribution is 2.43. The number of guanidine groups is 1. The quantitative estimate of drug-likeness (QED) is 0.419. The number of carbonyl (C=O) groups is 1. The fourth-order valence-electron chi connectivity index (χ4n) is 2.65. The molecule has 0 atom stereocenters. The maximum Gasteiger partial charge on any atom is 0.221 e. The zero-order chi connectivity index (χ0) is 16.3. The van der Waals surface area contributed by atoms with E-state index < -0.39 is 0 Å². The van der Waals surface area contributed by atoms with Crippen LogP contribution in [-0.2, 0) is 9.53 Å². The summed E-state index contributed by atoms with van der Waals surface area (Å²) in [6.07, 6.45) is 6.32. The van der Waals surface area contributed by atoms with Crippen molar-refractivity contribution in [3.8, 4) is 0 Å². The van der Waals surface area contributed by atoms with Crippen LogP contribution in [0.5, 0.6) is 0 Å². The summed E-state index contributed by atoms with van der Waals surface area (Å²) >= 11 is 0. The Morgan fingerprint density at radius 2 is 2.00 bits per heavy atom. The SMILES string of the molecule is CCCNC(=O)CCNC(=NC)NCC1(CCOC)CCC1. The molecule has 1 aliphatic carbocycles. The molecule has 1 aliphatic rings. The standard InChI is InChI=1S/C16H32N4O2/c1-4-10-18-14(21)6-11-19-15(17-2)20-13-16(7-5-8-16)9-12-22-3/h4-13H2,1-3H3,(H,18,21)(H2,17,19,20). The Hall–Kier alpha value is -1.30. The molecule has 0 radical (unpaired) electrons. The highest BCUT2D eigenvalue weighted by Gasteiger charge is 2.36. The number of aliphatic imine (C=N–C) groups is 1. The van der Waals surface area contributed by atoms with Crippen LogP contribution in [-0.4, -0.2) is 52.3 Å². The van der Waals surface area contributed by atoms with Crippen molar-refractivity contribution in [1.82, 2.24) is 16.0 Å². The lowest BCUT2D eigenvalue weighted by atomic mass is 9.67. The molecular formula is C16H32N4O2. The maximum atomic E-state index is 11.5. The molecule has 128 valence electrons. The molecule has 1 fully saturated rings. The number of ether oxygens (including phenoxy) is 1. The van der Waals surface area contributed by atoms with Crippen LogP contribution >= 0.6 is 0 Å². The van der Waals surface area contributed by atoms with Crippen LogP contribution in [0.15, 0.2) is 4.99 Å². The van der Waals surface area contributed by atoms with Gasteiger partial charge in [-0.05, 0) is 31.1 Å². The summed E-state index contributed by atoms with van der Waals surface area (Å²) in [6.45, 7) is 5.11. The van der Waals surface area contributed by atoms with E-state index in [1.165, 1.54) is 19.3 Å². The van der Waals surface area contributed by atoms with Crippen LogP contribution in [0.4, 0.5) is 0 Å². The molecule has 0 saturated heterocycles. The Balaban J connectivity index is 2.23. The third kappa shape index (κ3) is 6.64. The highest BCUT2D eigenvalue weighted by molar-refractivity contribution is 5.81. The lowest BCUT2D eigenvalue weighted by Gasteiger charge is -2.42. The molecule has 0 unspecified atom stereocenters. The van der Waals surface area contributed by atoms with Crippen molar-refractivity contribution in [2.75, 3.05) is 40.4 Å². The van der Waals surface area contributed by atoms with Crippen LogP contribution in [0.3, 0.4) is 0 Å². The van der Waals surface area contributed by atoms with Crippen molar-refractivity contribution in [3.63, 3.8) is 0 Å². The fourth-order valence-corrected chi connectivity index (χ4v) is 2.65. The average molecular weight is 312 g/mol. The zero-order valence-corrected chi connectivity index (χ0v) is 14.3. The van der Waals surface area contributed by atoms with Crippen LogP contribution in [0, 0.1) is 5.41 Å². The van der Waals surface area contributed by atoms with E-state index in [0.717, 1.165) is 38.5 Å². The number of amides is 1. The molecule has 6 heteroatoms. The second-order valence-electron chi connectivity index (χ2n) is 6.05. The number of rotatable bonds is 10. The molecule has 6 nitrogen and oxygen atoms in total. The summed E-state index contributed by atoms with van der Waals surface area (Å²) in [4.78, 5) is 15.8. The summed E-state index contributed by atoms with van der Waals surface area (Å²) in [5, 5.41) is 9.46. The summed E-state index contributed by atoms with van der Waals surface area (Å²) < 4.78 is 5.21. The van der Waals surface area contributed by atoms with Gasteiger partial charge < -0.3 is 20.7 Å². The lowest BCUT2D eigenvalue weighted by Crippen LogP contribution is -2.47. The first-order valence-electron chi connectivity index (χ1n) is 8.36. The molecule has 0 bridgehead atoms. The molecule has 0 aromatic heterocycles. The van der Waals surface area contributed by atoms with Gasteiger partial charge in [0.15, 0.2) is 5.96 Å². The van der Waals surface area contributed by atoms with E-state index in [1.54, 1.807) is 14.2 Å². The Morgan fingerprint density at radius 3 is 2.55 bits per heavy atom. The molecular weight excluding hydrogens is 280 g/mol. The topological polar surface area (TPSA) is 74.8 Å². The van der Waals surface area contributed by atoms with Gasteiger partial charge in [0.05, 0.1) is 0 Å². The average Bonchev–Trinajstić information content (AvgIpc) is 2.49. The Kier molecular flexibility index (Phi) is 8.89. The molecule has 0 aromatic carbocycles. The van der Waals surface area contributed by atoms with Crippen LogP contribution in [0.1, 0.15) is 45.4 Å². The van der Waals surface area contributed by atoms with Crippen molar-refractivity contribution in [2.24, 2.45) is 10.4 Å². The van der Waals surface area contributed by atoms with E-state index in [9.17, 15) is 4.79 Å². The first-order chi connectivity index (χ1) is 10.7. The molecule has 1 rings (SSSR count). The van der Waals surface area contributed by atoms with Crippen molar-refractivity contribution in [1.29, 1.82) is 0 Å². The van der Waals surface area contributed by atoms with E-state index >= 15 is 0 Å². The van der Waals surface area contributed by atoms with Gasteiger partial charge in [0.1, 0.15) is 0 Å². The van der Waals surface area contributed by atoms with Gasteiger partial charge >= 0.3 is 0 Å². The lowest BCUT2D eigenvalue weighted by molar-refractivity contribution is -0.120. The van der Waals surface area contributed by atoms with Crippen LogP contribution in [0.25, 0.3) is 0 Å². The molecule has 0 heterocycles. The van der Waals surface area contributed by atoms with Gasteiger partial charge in [-0.2, -0.15) is 0 Å². The first-order valence-corrected chi connectivity index (χ1v) is 8.36. The van der Waals surface area contributed by atoms with Crippen LogP contribution < -0.4 is 16.0 Å². The van der Waals surface area contributed by atoms with Gasteiger partial charge in [-0.1, -0.05) is 13.3 Å². The van der Waals surface area contributed by atoms with Crippen molar-refractivity contribution < 1.29 is 9.53 Å². The Bertz CT molecular complexity index is 354. The number of methoxy groups -OCH3 is 1. The maximum absolute atomic E-state index is 11.5. The Morgan fingerprint density at radius 1 is 1.23 bits per heavy atom. The number of nitrogens with one attached hydrogen (secondary N) is 3. The van der Waals surface area contributed by atoms with Gasteiger partial charge in [0, 0.05) is 46.8 Å². The summed E-state index contributed by atoms with van der Waals surface area (Å²) in [5.41, 5.74) is 0.353. The number of hydrogen-bond acceptors (Lipinski definition) is 3. The molecule has 0 aliphatic heterocycles. The first kappa shape index (κ1) is 18.7. The van der Waals surface area contributed by atoms with E-state index in [0.29, 0.717) is 18.4 Å². The van der Waals surface area contributed by atoms with Gasteiger partial charge in [-0.3, -0.25) is 9.79 Å². The summed E-state index contributed by atoms with van der Waals surface area (Å²) in [7, 11) is 3.51. The number of carbonyl (C=O) groups excluding carboxylic acids is 1. The fraction of sp³-hybridized carbons (Fsp3) is 0.875. The van der Waals surface area contributed by atoms with E-state index in [-0.39, 0.29) is 5.91 Å². The third-order valence-corrected chi connectivity index (χ3v) is 4.32. The zero-order valence-electron chi connectivity index (χ0n) is 14.3. The number of nitrogens with zero attached hydrogens (tertiary/aromatic N) is 1. The monoisotopic (exact) mass is 312 g/mol. The van der Waals surface area contributed by atoms with Gasteiger partial charge in [0.25, 0.3) is 0 Å². The second kappa shape index (κ2) is 10.4. The van der Waals surface area contributed by atoms with E-state index in [1.807, 2.05) is 6.92 Å². The smallest absolute Gasteiger partial charge is 0.221 e. The van der Waals surface area contributed by atoms with Crippen molar-refractivity contribution >= 4 is 11.9 Å². The van der Waals surface area contributed by atoms with E-state index in [4.69, 9.17) is 4.74 Å². The molecule has 0 aromatic rings. The second-order valence-corrected chi connectivity index (χ2v) is 6.05. The number of hydrogen-bond donors (Lipinski definition) is 3. The van der Waals surface area contributed by atoms with Crippen LogP contribution in [0.2, 0.25) is 0 Å². The largest absolute Gasteiger partial charge is 0.385 e. The minimum absolute atomic E-state index is 0.0837. The highest BCUT2D eigenvalue weighted by atomic mass is 16.5. The normalized spacial score (nSPS) is 16.8. The molecule has 1 saturated carbocycles. The van der Waals surface area contributed by atoms with Crippen molar-refractivity contribution in [3.05, 3.63) is 0 Å². The summed E-state index contributed by atoms with van der Waals surface area (Å²) in [6, 6.07) is 0. The minimum atomic E-state index is 0.0837. The molecule has 1 amide bonds. The third-order valence-electron chi connectivity index (χ3n) is 4.32. The van der Waals surface area contributed by atoms with E-state index in [2.05, 4.69) is 20.9 Å². The minimum Gasteiger partial charge on any atom is -0.385 e. The predicted molar refractivity (Wildman–Crippen MR) is 90.1 cm³/mol. The molecule has 0 spiro atoms. The van der Waals surface area contributed by atoms with Crippen molar-refractivity contribution in [2.45, 2.75) is 45.4 Å². The van der Waals surface area contributed by atoms with Gasteiger partial charge in [-0.25, -0.2) is 0 Å². The Labute approximate surface area is 134 Å².